The number of anilines is 1. The molecule has 0 aliphatic heterocycles. The van der Waals surface area contributed by atoms with E-state index in [9.17, 15) is 0 Å². The molecule has 0 unspecified atom stereocenters. The maximum absolute atomic E-state index is 5.59. The van der Waals surface area contributed by atoms with Gasteiger partial charge in [0, 0.05) is 18.8 Å². The summed E-state index contributed by atoms with van der Waals surface area (Å²) in [5, 5.41) is 0. The molecule has 1 aromatic rings. The van der Waals surface area contributed by atoms with Crippen LogP contribution < -0.4 is 10.6 Å². The van der Waals surface area contributed by atoms with Crippen LogP contribution in [0.15, 0.2) is 18.6 Å². The Kier molecular flexibility index (Phi) is 4.10. The van der Waals surface area contributed by atoms with Crippen LogP contribution in [0.2, 0.25) is 0 Å². The van der Waals surface area contributed by atoms with Crippen LogP contribution in [0.5, 0.6) is 0 Å². The number of hydrogen-bond donors (Lipinski definition) is 1. The van der Waals surface area contributed by atoms with Gasteiger partial charge in [0.15, 0.2) is 0 Å². The molecular formula is C12H20N4. The summed E-state index contributed by atoms with van der Waals surface area (Å²) >= 11 is 0. The van der Waals surface area contributed by atoms with Gasteiger partial charge in [-0.1, -0.05) is 12.8 Å². The summed E-state index contributed by atoms with van der Waals surface area (Å²) in [6.45, 7) is 1.76. The summed E-state index contributed by atoms with van der Waals surface area (Å²) < 4.78 is 0. The average molecular weight is 220 g/mol. The first-order valence-corrected chi connectivity index (χ1v) is 6.14. The minimum Gasteiger partial charge on any atom is -0.353 e. The topological polar surface area (TPSA) is 55.0 Å². The van der Waals surface area contributed by atoms with Gasteiger partial charge in [-0.15, -0.1) is 0 Å². The molecule has 1 saturated carbocycles. The maximum Gasteiger partial charge on any atom is 0.132 e. The molecule has 0 bridgehead atoms. The highest BCUT2D eigenvalue weighted by Gasteiger charge is 2.22. The monoisotopic (exact) mass is 220 g/mol. The van der Waals surface area contributed by atoms with E-state index in [0.717, 1.165) is 25.3 Å². The lowest BCUT2D eigenvalue weighted by atomic mass is 10.2. The van der Waals surface area contributed by atoms with Gasteiger partial charge in [-0.25, -0.2) is 9.97 Å². The normalized spacial score (nSPS) is 16.6. The fraction of sp³-hybridized carbons (Fsp3) is 0.667. The lowest BCUT2D eigenvalue weighted by Gasteiger charge is -2.29. The van der Waals surface area contributed by atoms with E-state index < -0.39 is 0 Å². The first-order valence-electron chi connectivity index (χ1n) is 6.14. The van der Waals surface area contributed by atoms with Crippen molar-refractivity contribution in [2.75, 3.05) is 18.0 Å². The van der Waals surface area contributed by atoms with E-state index in [4.69, 9.17) is 5.73 Å². The van der Waals surface area contributed by atoms with Crippen LogP contribution >= 0.6 is 0 Å². The van der Waals surface area contributed by atoms with Gasteiger partial charge in [-0.2, -0.15) is 0 Å². The van der Waals surface area contributed by atoms with Crippen molar-refractivity contribution < 1.29 is 0 Å². The molecule has 1 aromatic heterocycles. The largest absolute Gasteiger partial charge is 0.353 e. The van der Waals surface area contributed by atoms with Crippen LogP contribution in [-0.2, 0) is 0 Å². The third kappa shape index (κ3) is 2.70. The standard InChI is InChI=1S/C12H20N4/c13-7-3-9-16(11-4-1-2-5-11)12-6-8-14-10-15-12/h6,8,10-11H,1-5,7,9,13H2. The van der Waals surface area contributed by atoms with Crippen LogP contribution in [0.25, 0.3) is 0 Å². The number of nitrogens with zero attached hydrogens (tertiary/aromatic N) is 3. The number of rotatable bonds is 5. The van der Waals surface area contributed by atoms with Gasteiger partial charge in [0.25, 0.3) is 0 Å². The van der Waals surface area contributed by atoms with Gasteiger partial charge >= 0.3 is 0 Å². The second-order valence-corrected chi connectivity index (χ2v) is 4.34. The predicted molar refractivity (Wildman–Crippen MR) is 65.3 cm³/mol. The molecule has 1 heterocycles. The van der Waals surface area contributed by atoms with Crippen LogP contribution in [-0.4, -0.2) is 29.1 Å². The number of hydrogen-bond acceptors (Lipinski definition) is 4. The molecule has 0 saturated heterocycles. The Morgan fingerprint density at radius 3 is 2.81 bits per heavy atom. The zero-order valence-electron chi connectivity index (χ0n) is 9.68. The molecular weight excluding hydrogens is 200 g/mol. The molecule has 2 rings (SSSR count). The minimum absolute atomic E-state index is 0.654. The third-order valence-electron chi connectivity index (χ3n) is 3.23. The van der Waals surface area contributed by atoms with Crippen molar-refractivity contribution in [3.05, 3.63) is 18.6 Å². The van der Waals surface area contributed by atoms with Crippen molar-refractivity contribution >= 4 is 5.82 Å². The van der Waals surface area contributed by atoms with Crippen molar-refractivity contribution in [3.63, 3.8) is 0 Å². The van der Waals surface area contributed by atoms with Gasteiger partial charge < -0.3 is 10.6 Å². The molecule has 1 aliphatic rings. The third-order valence-corrected chi connectivity index (χ3v) is 3.23. The van der Waals surface area contributed by atoms with Gasteiger partial charge in [0.1, 0.15) is 12.1 Å². The van der Waals surface area contributed by atoms with E-state index in [0.29, 0.717) is 6.04 Å². The van der Waals surface area contributed by atoms with Crippen LogP contribution in [0.3, 0.4) is 0 Å². The smallest absolute Gasteiger partial charge is 0.132 e. The summed E-state index contributed by atoms with van der Waals surface area (Å²) in [6.07, 6.45) is 9.72. The summed E-state index contributed by atoms with van der Waals surface area (Å²) in [5.74, 6) is 1.05. The molecule has 0 atom stereocenters. The molecule has 0 spiro atoms. The summed E-state index contributed by atoms with van der Waals surface area (Å²) in [7, 11) is 0. The Morgan fingerprint density at radius 1 is 1.38 bits per heavy atom. The Bertz CT molecular complexity index is 295. The highest BCUT2D eigenvalue weighted by Crippen LogP contribution is 2.26. The number of aromatic nitrogens is 2. The van der Waals surface area contributed by atoms with Gasteiger partial charge in [0.05, 0.1) is 0 Å². The zero-order chi connectivity index (χ0) is 11.2. The van der Waals surface area contributed by atoms with Crippen molar-refractivity contribution in [1.82, 2.24) is 9.97 Å². The van der Waals surface area contributed by atoms with Crippen LogP contribution in [0.4, 0.5) is 5.82 Å². The van der Waals surface area contributed by atoms with Crippen molar-refractivity contribution in [3.8, 4) is 0 Å². The number of nitrogens with two attached hydrogens (primary N) is 1. The second kappa shape index (κ2) is 5.80. The summed E-state index contributed by atoms with van der Waals surface area (Å²) in [6, 6.07) is 2.65. The van der Waals surface area contributed by atoms with E-state index >= 15 is 0 Å². The Hall–Kier alpha value is -1.16. The van der Waals surface area contributed by atoms with Crippen LogP contribution in [0.1, 0.15) is 32.1 Å². The Morgan fingerprint density at radius 2 is 2.19 bits per heavy atom. The minimum atomic E-state index is 0.654. The van der Waals surface area contributed by atoms with Gasteiger partial charge in [-0.3, -0.25) is 0 Å². The zero-order valence-corrected chi connectivity index (χ0v) is 9.68. The van der Waals surface area contributed by atoms with E-state index in [-0.39, 0.29) is 0 Å². The lowest BCUT2D eigenvalue weighted by molar-refractivity contribution is 0.586. The quantitative estimate of drug-likeness (QED) is 0.818. The molecule has 4 nitrogen and oxygen atoms in total. The summed E-state index contributed by atoms with van der Waals surface area (Å²) in [4.78, 5) is 10.7. The molecule has 0 aromatic carbocycles. The molecule has 0 radical (unpaired) electrons. The first-order chi connectivity index (χ1) is 7.92. The fourth-order valence-electron chi connectivity index (χ4n) is 2.42. The molecule has 88 valence electrons. The molecule has 1 aliphatic carbocycles. The van der Waals surface area contributed by atoms with Crippen molar-refractivity contribution in [2.45, 2.75) is 38.1 Å². The molecule has 16 heavy (non-hydrogen) atoms. The van der Waals surface area contributed by atoms with E-state index in [2.05, 4.69) is 14.9 Å². The van der Waals surface area contributed by atoms with E-state index in [1.807, 2.05) is 12.3 Å². The van der Waals surface area contributed by atoms with Crippen LogP contribution in [0, 0.1) is 0 Å². The Labute approximate surface area is 96.9 Å². The van der Waals surface area contributed by atoms with Crippen molar-refractivity contribution in [2.24, 2.45) is 5.73 Å². The first kappa shape index (κ1) is 11.3. The SMILES string of the molecule is NCCCN(c1ccncn1)C1CCCC1. The predicted octanol–water partition coefficient (Wildman–Crippen LogP) is 1.57. The molecule has 0 amide bonds. The van der Waals surface area contributed by atoms with Gasteiger partial charge in [-0.05, 0) is 31.9 Å². The highest BCUT2D eigenvalue weighted by atomic mass is 15.2. The average Bonchev–Trinajstić information content (AvgIpc) is 2.85. The second-order valence-electron chi connectivity index (χ2n) is 4.34. The van der Waals surface area contributed by atoms with E-state index in [1.54, 1.807) is 6.33 Å². The fourth-order valence-corrected chi connectivity index (χ4v) is 2.42. The Balaban J connectivity index is 2.07. The lowest BCUT2D eigenvalue weighted by Crippen LogP contribution is -2.35. The highest BCUT2D eigenvalue weighted by molar-refractivity contribution is 5.38. The maximum atomic E-state index is 5.59. The molecule has 1 fully saturated rings. The summed E-state index contributed by atoms with van der Waals surface area (Å²) in [5.41, 5.74) is 5.59. The molecule has 4 heteroatoms. The van der Waals surface area contributed by atoms with E-state index in [1.165, 1.54) is 25.7 Å². The van der Waals surface area contributed by atoms with Gasteiger partial charge in [0.2, 0.25) is 0 Å². The molecule has 2 N–H and O–H groups in total. The van der Waals surface area contributed by atoms with Crippen molar-refractivity contribution in [1.29, 1.82) is 0 Å².